The number of rotatable bonds is 6. The van der Waals surface area contributed by atoms with E-state index in [2.05, 4.69) is 34.0 Å². The molecule has 1 aliphatic heterocycles. The first-order chi connectivity index (χ1) is 9.29. The Bertz CT molecular complexity index is 346. The van der Waals surface area contributed by atoms with Gasteiger partial charge in [-0.15, -0.1) is 0 Å². The minimum atomic E-state index is 0.643. The highest BCUT2D eigenvalue weighted by molar-refractivity contribution is 5.29. The third kappa shape index (κ3) is 4.46. The second-order valence-electron chi connectivity index (χ2n) is 5.52. The van der Waals surface area contributed by atoms with Crippen molar-refractivity contribution in [1.82, 2.24) is 15.3 Å². The maximum absolute atomic E-state index is 4.32. The zero-order chi connectivity index (χ0) is 13.5. The minimum Gasteiger partial charge on any atom is -0.341 e. The molecule has 0 spiro atoms. The Kier molecular flexibility index (Phi) is 5.58. The molecule has 4 heteroatoms. The number of hydrogen-bond donors (Lipinski definition) is 1. The summed E-state index contributed by atoms with van der Waals surface area (Å²) >= 11 is 0. The smallest absolute Gasteiger partial charge is 0.225 e. The maximum Gasteiger partial charge on any atom is 0.225 e. The van der Waals surface area contributed by atoms with Gasteiger partial charge in [0.05, 0.1) is 0 Å². The van der Waals surface area contributed by atoms with Gasteiger partial charge < -0.3 is 10.2 Å². The number of aromatic nitrogens is 2. The lowest BCUT2D eigenvalue weighted by Crippen LogP contribution is -2.45. The summed E-state index contributed by atoms with van der Waals surface area (Å²) in [6.07, 6.45) is 9.92. The Labute approximate surface area is 116 Å². The van der Waals surface area contributed by atoms with Crippen LogP contribution in [-0.2, 0) is 0 Å². The van der Waals surface area contributed by atoms with Gasteiger partial charge >= 0.3 is 0 Å². The summed E-state index contributed by atoms with van der Waals surface area (Å²) in [5.41, 5.74) is 0. The third-order valence-electron chi connectivity index (χ3n) is 3.84. The van der Waals surface area contributed by atoms with Gasteiger partial charge in [-0.25, -0.2) is 9.97 Å². The first-order valence-corrected chi connectivity index (χ1v) is 7.57. The lowest BCUT2D eigenvalue weighted by Gasteiger charge is -2.33. The number of hydrogen-bond acceptors (Lipinski definition) is 4. The molecule has 0 saturated carbocycles. The summed E-state index contributed by atoms with van der Waals surface area (Å²) in [5, 5.41) is 3.76. The average molecular weight is 262 g/mol. The van der Waals surface area contributed by atoms with Crippen LogP contribution in [0.1, 0.15) is 46.0 Å². The normalized spacial score (nSPS) is 18.5. The van der Waals surface area contributed by atoms with Crippen molar-refractivity contribution in [2.75, 3.05) is 18.0 Å². The van der Waals surface area contributed by atoms with Crippen LogP contribution in [0.15, 0.2) is 18.5 Å². The van der Waals surface area contributed by atoms with Crippen molar-refractivity contribution in [1.29, 1.82) is 0 Å². The van der Waals surface area contributed by atoms with E-state index in [1.807, 2.05) is 18.5 Å². The lowest BCUT2D eigenvalue weighted by molar-refractivity contribution is 0.361. The van der Waals surface area contributed by atoms with E-state index in [4.69, 9.17) is 0 Å². The van der Waals surface area contributed by atoms with Crippen molar-refractivity contribution >= 4 is 5.95 Å². The van der Waals surface area contributed by atoms with Crippen LogP contribution in [0.25, 0.3) is 0 Å². The summed E-state index contributed by atoms with van der Waals surface area (Å²) < 4.78 is 0. The van der Waals surface area contributed by atoms with Crippen LogP contribution < -0.4 is 10.2 Å². The second-order valence-corrected chi connectivity index (χ2v) is 5.52. The molecule has 1 fully saturated rings. The van der Waals surface area contributed by atoms with Crippen LogP contribution in [0.3, 0.4) is 0 Å². The molecule has 1 aromatic rings. The fraction of sp³-hybridized carbons (Fsp3) is 0.733. The summed E-state index contributed by atoms with van der Waals surface area (Å²) in [7, 11) is 0. The van der Waals surface area contributed by atoms with Crippen molar-refractivity contribution < 1.29 is 0 Å². The Balaban J connectivity index is 1.73. The molecule has 0 amide bonds. The molecule has 1 atom stereocenters. The average Bonchev–Trinajstić information content (AvgIpc) is 2.47. The van der Waals surface area contributed by atoms with Gasteiger partial charge in [-0.05, 0) is 32.3 Å². The molecule has 0 aliphatic carbocycles. The molecule has 106 valence electrons. The quantitative estimate of drug-likeness (QED) is 0.855. The van der Waals surface area contributed by atoms with E-state index in [9.17, 15) is 0 Å². The molecule has 1 saturated heterocycles. The number of piperidine rings is 1. The maximum atomic E-state index is 4.32. The van der Waals surface area contributed by atoms with Crippen molar-refractivity contribution in [3.63, 3.8) is 0 Å². The van der Waals surface area contributed by atoms with Crippen LogP contribution in [-0.4, -0.2) is 35.1 Å². The molecule has 4 nitrogen and oxygen atoms in total. The van der Waals surface area contributed by atoms with Crippen molar-refractivity contribution in [2.24, 2.45) is 0 Å². The molecule has 1 aliphatic rings. The number of unbranched alkanes of at least 4 members (excludes halogenated alkanes) is 1. The molecular formula is C15H26N4. The number of nitrogens with zero attached hydrogens (tertiary/aromatic N) is 3. The monoisotopic (exact) mass is 262 g/mol. The van der Waals surface area contributed by atoms with E-state index in [0.717, 1.165) is 19.0 Å². The predicted molar refractivity (Wildman–Crippen MR) is 79.4 cm³/mol. The highest BCUT2D eigenvalue weighted by Crippen LogP contribution is 2.16. The molecule has 2 heterocycles. The minimum absolute atomic E-state index is 0.643. The van der Waals surface area contributed by atoms with Crippen molar-refractivity contribution in [2.45, 2.75) is 58.0 Å². The highest BCUT2D eigenvalue weighted by Gasteiger charge is 2.21. The van der Waals surface area contributed by atoms with Gasteiger partial charge in [-0.1, -0.05) is 19.8 Å². The zero-order valence-corrected chi connectivity index (χ0v) is 12.2. The van der Waals surface area contributed by atoms with Crippen LogP contribution >= 0.6 is 0 Å². The van der Waals surface area contributed by atoms with E-state index in [0.29, 0.717) is 12.1 Å². The molecule has 1 unspecified atom stereocenters. The van der Waals surface area contributed by atoms with Crippen LogP contribution in [0.4, 0.5) is 5.95 Å². The van der Waals surface area contributed by atoms with Gasteiger partial charge in [-0.3, -0.25) is 0 Å². The number of anilines is 1. The van der Waals surface area contributed by atoms with Gasteiger partial charge in [0.15, 0.2) is 0 Å². The van der Waals surface area contributed by atoms with E-state index >= 15 is 0 Å². The molecule has 1 N–H and O–H groups in total. The SMILES string of the molecule is CCCCC(C)NC1CCN(c2ncccn2)CC1. The van der Waals surface area contributed by atoms with Gasteiger partial charge in [0.1, 0.15) is 0 Å². The Morgan fingerprint density at radius 1 is 1.32 bits per heavy atom. The van der Waals surface area contributed by atoms with Crippen molar-refractivity contribution in [3.8, 4) is 0 Å². The van der Waals surface area contributed by atoms with E-state index in [1.165, 1.54) is 32.1 Å². The lowest BCUT2D eigenvalue weighted by atomic mass is 10.0. The summed E-state index contributed by atoms with van der Waals surface area (Å²) in [5.74, 6) is 0.875. The molecule has 0 bridgehead atoms. The third-order valence-corrected chi connectivity index (χ3v) is 3.84. The Hall–Kier alpha value is -1.16. The largest absolute Gasteiger partial charge is 0.341 e. The molecule has 2 rings (SSSR count). The van der Waals surface area contributed by atoms with Gasteiger partial charge in [0.2, 0.25) is 5.95 Å². The summed E-state index contributed by atoms with van der Waals surface area (Å²) in [6, 6.07) is 3.17. The van der Waals surface area contributed by atoms with Crippen LogP contribution in [0, 0.1) is 0 Å². The van der Waals surface area contributed by atoms with E-state index in [-0.39, 0.29) is 0 Å². The molecule has 19 heavy (non-hydrogen) atoms. The van der Waals surface area contributed by atoms with E-state index < -0.39 is 0 Å². The molecule has 0 aromatic carbocycles. The molecule has 1 aromatic heterocycles. The van der Waals surface area contributed by atoms with Crippen LogP contribution in [0.2, 0.25) is 0 Å². The Morgan fingerprint density at radius 2 is 2.00 bits per heavy atom. The first-order valence-electron chi connectivity index (χ1n) is 7.57. The predicted octanol–water partition coefficient (Wildman–Crippen LogP) is 2.61. The second kappa shape index (κ2) is 7.43. The highest BCUT2D eigenvalue weighted by atomic mass is 15.3. The number of nitrogens with one attached hydrogen (secondary N) is 1. The fourth-order valence-electron chi connectivity index (χ4n) is 2.70. The molecule has 0 radical (unpaired) electrons. The standard InChI is InChI=1S/C15H26N4/c1-3-4-6-13(2)18-14-7-11-19(12-8-14)15-16-9-5-10-17-15/h5,9-10,13-14,18H,3-4,6-8,11-12H2,1-2H3. The summed E-state index contributed by atoms with van der Waals surface area (Å²) in [6.45, 7) is 6.68. The Morgan fingerprint density at radius 3 is 2.63 bits per heavy atom. The van der Waals surface area contributed by atoms with Gasteiger partial charge in [-0.2, -0.15) is 0 Å². The molecular weight excluding hydrogens is 236 g/mol. The van der Waals surface area contributed by atoms with Gasteiger partial charge in [0, 0.05) is 37.6 Å². The fourth-order valence-corrected chi connectivity index (χ4v) is 2.70. The van der Waals surface area contributed by atoms with Gasteiger partial charge in [0.25, 0.3) is 0 Å². The zero-order valence-electron chi connectivity index (χ0n) is 12.2. The van der Waals surface area contributed by atoms with E-state index in [1.54, 1.807) is 0 Å². The first kappa shape index (κ1) is 14.3. The van der Waals surface area contributed by atoms with Crippen molar-refractivity contribution in [3.05, 3.63) is 18.5 Å². The summed E-state index contributed by atoms with van der Waals surface area (Å²) in [4.78, 5) is 10.9. The van der Waals surface area contributed by atoms with Crippen LogP contribution in [0.5, 0.6) is 0 Å². The topological polar surface area (TPSA) is 41.0 Å².